The number of sulfonamides is 1. The van der Waals surface area contributed by atoms with Crippen LogP contribution in [-0.4, -0.2) is 28.0 Å². The Kier molecular flexibility index (Phi) is 8.32. The minimum atomic E-state index is -4.12. The predicted octanol–water partition coefficient (Wildman–Crippen LogP) is 5.76. The van der Waals surface area contributed by atoms with Crippen molar-refractivity contribution >= 4 is 38.9 Å². The lowest BCUT2D eigenvalue weighted by Gasteiger charge is -2.26. The van der Waals surface area contributed by atoms with E-state index in [1.807, 2.05) is 30.3 Å². The minimum absolute atomic E-state index is 0.0322. The van der Waals surface area contributed by atoms with Gasteiger partial charge in [0.2, 0.25) is 5.91 Å². The zero-order chi connectivity index (χ0) is 26.3. The van der Waals surface area contributed by atoms with Gasteiger partial charge in [-0.2, -0.15) is 0 Å². The fourth-order valence-corrected chi connectivity index (χ4v) is 5.19. The number of anilines is 2. The standard InChI is InChI=1S/C28H25ClN2O5S/c1-35-27-17-12-22(29)18-26(27)31(37(33,34)25-10-6-3-7-11-25)19-28(32)30-23-13-15-24(16-14-23)36-20-21-8-4-2-5-9-21/h2-18H,19-20H2,1H3,(H,30,32). The molecule has 0 unspecified atom stereocenters. The molecule has 0 atom stereocenters. The second-order valence-corrected chi connectivity index (χ2v) is 10.3. The van der Waals surface area contributed by atoms with Crippen LogP contribution in [0.2, 0.25) is 5.02 Å². The SMILES string of the molecule is COc1ccc(Cl)cc1N(CC(=O)Nc1ccc(OCc2ccccc2)cc1)S(=O)(=O)c1ccccc1. The first-order valence-corrected chi connectivity index (χ1v) is 13.2. The van der Waals surface area contributed by atoms with Crippen molar-refractivity contribution in [3.8, 4) is 11.5 Å². The Morgan fingerprint density at radius 3 is 2.19 bits per heavy atom. The zero-order valence-electron chi connectivity index (χ0n) is 20.0. The van der Waals surface area contributed by atoms with E-state index in [9.17, 15) is 13.2 Å². The van der Waals surface area contributed by atoms with Gasteiger partial charge in [0, 0.05) is 10.7 Å². The molecule has 4 rings (SSSR count). The van der Waals surface area contributed by atoms with Crippen LogP contribution < -0.4 is 19.1 Å². The zero-order valence-corrected chi connectivity index (χ0v) is 21.6. The van der Waals surface area contributed by atoms with E-state index in [-0.39, 0.29) is 16.3 Å². The third-order valence-corrected chi connectivity index (χ3v) is 7.42. The molecule has 1 amide bonds. The van der Waals surface area contributed by atoms with Gasteiger partial charge in [-0.3, -0.25) is 9.10 Å². The Morgan fingerprint density at radius 2 is 1.54 bits per heavy atom. The molecule has 0 radical (unpaired) electrons. The summed E-state index contributed by atoms with van der Waals surface area (Å²) >= 11 is 6.17. The van der Waals surface area contributed by atoms with Gasteiger partial charge >= 0.3 is 0 Å². The first-order valence-electron chi connectivity index (χ1n) is 11.3. The van der Waals surface area contributed by atoms with Gasteiger partial charge in [-0.05, 0) is 60.2 Å². The van der Waals surface area contributed by atoms with Gasteiger partial charge in [-0.1, -0.05) is 60.1 Å². The highest BCUT2D eigenvalue weighted by Crippen LogP contribution is 2.34. The summed E-state index contributed by atoms with van der Waals surface area (Å²) in [5.41, 5.74) is 1.68. The Labute approximate surface area is 221 Å². The summed E-state index contributed by atoms with van der Waals surface area (Å²) in [5.74, 6) is 0.356. The van der Waals surface area contributed by atoms with E-state index in [2.05, 4.69) is 5.32 Å². The minimum Gasteiger partial charge on any atom is -0.495 e. The molecule has 1 N–H and O–H groups in total. The lowest BCUT2D eigenvalue weighted by atomic mass is 10.2. The highest BCUT2D eigenvalue weighted by molar-refractivity contribution is 7.92. The number of rotatable bonds is 10. The van der Waals surface area contributed by atoms with Crippen molar-refractivity contribution in [2.24, 2.45) is 0 Å². The fraction of sp³-hybridized carbons (Fsp3) is 0.107. The van der Waals surface area contributed by atoms with Crippen molar-refractivity contribution in [3.63, 3.8) is 0 Å². The van der Waals surface area contributed by atoms with Crippen LogP contribution in [0.3, 0.4) is 0 Å². The van der Waals surface area contributed by atoms with Crippen molar-refractivity contribution in [1.29, 1.82) is 0 Å². The largest absolute Gasteiger partial charge is 0.495 e. The van der Waals surface area contributed by atoms with Crippen LogP contribution in [0.15, 0.2) is 108 Å². The van der Waals surface area contributed by atoms with Gasteiger partial charge in [0.15, 0.2) is 0 Å². The highest BCUT2D eigenvalue weighted by Gasteiger charge is 2.29. The smallest absolute Gasteiger partial charge is 0.264 e. The molecular weight excluding hydrogens is 512 g/mol. The average molecular weight is 537 g/mol. The highest BCUT2D eigenvalue weighted by atomic mass is 35.5. The second kappa shape index (κ2) is 11.8. The van der Waals surface area contributed by atoms with Crippen LogP contribution in [0.25, 0.3) is 0 Å². The van der Waals surface area contributed by atoms with E-state index in [4.69, 9.17) is 21.1 Å². The van der Waals surface area contributed by atoms with Crippen molar-refractivity contribution in [2.45, 2.75) is 11.5 Å². The van der Waals surface area contributed by atoms with E-state index in [1.165, 1.54) is 25.3 Å². The lowest BCUT2D eigenvalue weighted by Crippen LogP contribution is -2.38. The number of amides is 1. The van der Waals surface area contributed by atoms with Gasteiger partial charge in [-0.25, -0.2) is 8.42 Å². The number of nitrogens with one attached hydrogen (secondary N) is 1. The number of ether oxygens (including phenoxy) is 2. The molecule has 190 valence electrons. The third-order valence-electron chi connectivity index (χ3n) is 5.41. The predicted molar refractivity (Wildman–Crippen MR) is 145 cm³/mol. The Balaban J connectivity index is 1.53. The summed E-state index contributed by atoms with van der Waals surface area (Å²) in [7, 11) is -2.70. The van der Waals surface area contributed by atoms with Gasteiger partial charge in [0.1, 0.15) is 24.7 Å². The molecule has 9 heteroatoms. The molecule has 37 heavy (non-hydrogen) atoms. The molecule has 0 fully saturated rings. The maximum absolute atomic E-state index is 13.6. The van der Waals surface area contributed by atoms with Crippen LogP contribution in [-0.2, 0) is 21.4 Å². The molecule has 0 spiro atoms. The summed E-state index contributed by atoms with van der Waals surface area (Å²) in [4.78, 5) is 13.1. The third kappa shape index (κ3) is 6.61. The molecular formula is C28H25ClN2O5S. The van der Waals surface area contributed by atoms with Gasteiger partial charge in [0.25, 0.3) is 10.0 Å². The van der Waals surface area contributed by atoms with Crippen LogP contribution in [0.4, 0.5) is 11.4 Å². The number of hydrogen-bond acceptors (Lipinski definition) is 5. The summed E-state index contributed by atoms with van der Waals surface area (Å²) in [5, 5.41) is 3.05. The molecule has 0 aliphatic heterocycles. The summed E-state index contributed by atoms with van der Waals surface area (Å²) in [6.45, 7) is -0.0828. The Bertz CT molecular complexity index is 1450. The van der Waals surface area contributed by atoms with Crippen LogP contribution in [0, 0.1) is 0 Å². The van der Waals surface area contributed by atoms with Crippen molar-refractivity contribution in [1.82, 2.24) is 0 Å². The number of methoxy groups -OCH3 is 1. The lowest BCUT2D eigenvalue weighted by molar-refractivity contribution is -0.114. The van der Waals surface area contributed by atoms with E-state index in [0.29, 0.717) is 23.1 Å². The molecule has 0 heterocycles. The van der Waals surface area contributed by atoms with Crippen LogP contribution in [0.1, 0.15) is 5.56 Å². The number of benzene rings is 4. The monoisotopic (exact) mass is 536 g/mol. The number of nitrogens with zero attached hydrogens (tertiary/aromatic N) is 1. The van der Waals surface area contributed by atoms with E-state index in [1.54, 1.807) is 54.6 Å². The molecule has 7 nitrogen and oxygen atoms in total. The molecule has 0 saturated heterocycles. The van der Waals surface area contributed by atoms with E-state index >= 15 is 0 Å². The van der Waals surface area contributed by atoms with Crippen molar-refractivity contribution < 1.29 is 22.7 Å². The molecule has 4 aromatic rings. The molecule has 0 aliphatic carbocycles. The topological polar surface area (TPSA) is 84.9 Å². The van der Waals surface area contributed by atoms with Gasteiger partial charge < -0.3 is 14.8 Å². The first kappa shape index (κ1) is 26.1. The molecule has 0 aliphatic rings. The molecule has 4 aromatic carbocycles. The van der Waals surface area contributed by atoms with Crippen molar-refractivity contribution in [2.75, 3.05) is 23.3 Å². The summed E-state index contributed by atoms with van der Waals surface area (Å²) in [6.07, 6.45) is 0. The molecule has 0 bridgehead atoms. The van der Waals surface area contributed by atoms with Gasteiger partial charge in [0.05, 0.1) is 17.7 Å². The molecule has 0 saturated carbocycles. The van der Waals surface area contributed by atoms with Gasteiger partial charge in [-0.15, -0.1) is 0 Å². The fourth-order valence-electron chi connectivity index (χ4n) is 3.58. The number of halogens is 1. The quantitative estimate of drug-likeness (QED) is 0.278. The van der Waals surface area contributed by atoms with E-state index in [0.717, 1.165) is 9.87 Å². The van der Waals surface area contributed by atoms with E-state index < -0.39 is 22.5 Å². The van der Waals surface area contributed by atoms with Crippen LogP contribution >= 0.6 is 11.6 Å². The summed E-state index contributed by atoms with van der Waals surface area (Å²) in [6, 6.07) is 29.1. The average Bonchev–Trinajstić information content (AvgIpc) is 2.92. The first-order chi connectivity index (χ1) is 17.9. The number of carbonyl (C=O) groups is 1. The van der Waals surface area contributed by atoms with Crippen LogP contribution in [0.5, 0.6) is 11.5 Å². The Hall–Kier alpha value is -4.01. The molecule has 0 aromatic heterocycles. The number of hydrogen-bond donors (Lipinski definition) is 1. The maximum Gasteiger partial charge on any atom is 0.264 e. The normalized spacial score (nSPS) is 11.0. The Morgan fingerprint density at radius 1 is 0.892 bits per heavy atom. The second-order valence-electron chi connectivity index (χ2n) is 7.99. The number of carbonyl (C=O) groups excluding carboxylic acids is 1. The summed E-state index contributed by atoms with van der Waals surface area (Å²) < 4.78 is 39.3. The van der Waals surface area contributed by atoms with Crippen molar-refractivity contribution in [3.05, 3.63) is 114 Å². The maximum atomic E-state index is 13.6.